The van der Waals surface area contributed by atoms with Gasteiger partial charge in [-0.25, -0.2) is 0 Å². The van der Waals surface area contributed by atoms with Crippen molar-refractivity contribution in [1.82, 2.24) is 0 Å². The van der Waals surface area contributed by atoms with Gasteiger partial charge in [0.15, 0.2) is 0 Å². The maximum Gasteiger partial charge on any atom is 0.0674 e. The Labute approximate surface area is 114 Å². The van der Waals surface area contributed by atoms with Gasteiger partial charge in [-0.15, -0.1) is 0 Å². The fourth-order valence-corrected chi connectivity index (χ4v) is 2.90. The number of hydrogen-bond acceptors (Lipinski definition) is 1. The predicted octanol–water partition coefficient (Wildman–Crippen LogP) is 4.68. The SMILES string of the molecule is NC1c2cc(Cl)ccc2-c2c1ccc(Cl)c2Cl. The van der Waals surface area contributed by atoms with E-state index in [0.717, 1.165) is 22.3 Å². The molecule has 0 spiro atoms. The van der Waals surface area contributed by atoms with Crippen LogP contribution in [0.1, 0.15) is 17.2 Å². The van der Waals surface area contributed by atoms with Crippen LogP contribution < -0.4 is 5.73 Å². The summed E-state index contributed by atoms with van der Waals surface area (Å²) < 4.78 is 0. The minimum absolute atomic E-state index is 0.187. The summed E-state index contributed by atoms with van der Waals surface area (Å²) in [5, 5.41) is 1.77. The maximum absolute atomic E-state index is 6.25. The second-order valence-corrected chi connectivity index (χ2v) is 5.26. The third-order valence-corrected chi connectivity index (χ3v) is 4.12. The van der Waals surface area contributed by atoms with Crippen LogP contribution in [0.2, 0.25) is 15.1 Å². The van der Waals surface area contributed by atoms with Crippen molar-refractivity contribution in [3.8, 4) is 11.1 Å². The molecule has 86 valence electrons. The second kappa shape index (κ2) is 3.89. The van der Waals surface area contributed by atoms with Gasteiger partial charge in [-0.05, 0) is 34.9 Å². The van der Waals surface area contributed by atoms with E-state index in [-0.39, 0.29) is 6.04 Å². The molecule has 2 aromatic carbocycles. The van der Waals surface area contributed by atoms with Crippen molar-refractivity contribution in [2.75, 3.05) is 0 Å². The standard InChI is InChI=1S/C13H8Cl3N/c14-6-1-2-7-9(5-6)13(17)8-3-4-10(15)12(16)11(7)8/h1-5,13H,17H2. The summed E-state index contributed by atoms with van der Waals surface area (Å²) in [7, 11) is 0. The van der Waals surface area contributed by atoms with Crippen molar-refractivity contribution in [3.05, 3.63) is 56.5 Å². The summed E-state index contributed by atoms with van der Waals surface area (Å²) in [4.78, 5) is 0. The lowest BCUT2D eigenvalue weighted by Crippen LogP contribution is -2.07. The zero-order chi connectivity index (χ0) is 12.2. The van der Waals surface area contributed by atoms with Crippen LogP contribution in [0.15, 0.2) is 30.3 Å². The van der Waals surface area contributed by atoms with Crippen molar-refractivity contribution in [2.24, 2.45) is 5.73 Å². The molecule has 0 radical (unpaired) electrons. The van der Waals surface area contributed by atoms with Crippen molar-refractivity contribution in [3.63, 3.8) is 0 Å². The van der Waals surface area contributed by atoms with Crippen molar-refractivity contribution in [1.29, 1.82) is 0 Å². The molecule has 0 heterocycles. The van der Waals surface area contributed by atoms with E-state index in [1.54, 1.807) is 6.07 Å². The van der Waals surface area contributed by atoms with Gasteiger partial charge in [-0.3, -0.25) is 0 Å². The Hall–Kier alpha value is -0.730. The van der Waals surface area contributed by atoms with Gasteiger partial charge in [-0.1, -0.05) is 46.9 Å². The number of rotatable bonds is 0. The molecule has 0 aliphatic heterocycles. The van der Waals surface area contributed by atoms with Crippen LogP contribution in [-0.2, 0) is 0 Å². The number of nitrogens with two attached hydrogens (primary N) is 1. The number of fused-ring (bicyclic) bond motifs is 3. The van der Waals surface area contributed by atoms with E-state index in [1.165, 1.54) is 0 Å². The summed E-state index contributed by atoms with van der Waals surface area (Å²) in [6.07, 6.45) is 0. The molecule has 3 rings (SSSR count). The molecular formula is C13H8Cl3N. The van der Waals surface area contributed by atoms with E-state index in [2.05, 4.69) is 0 Å². The van der Waals surface area contributed by atoms with E-state index >= 15 is 0 Å². The van der Waals surface area contributed by atoms with Crippen molar-refractivity contribution < 1.29 is 0 Å². The third-order valence-electron chi connectivity index (χ3n) is 3.08. The van der Waals surface area contributed by atoms with Crippen molar-refractivity contribution >= 4 is 34.8 Å². The Bertz CT molecular complexity index is 622. The van der Waals surface area contributed by atoms with Crippen LogP contribution in [0, 0.1) is 0 Å². The Morgan fingerprint density at radius 3 is 2.47 bits per heavy atom. The van der Waals surface area contributed by atoms with Gasteiger partial charge in [0.25, 0.3) is 0 Å². The molecule has 4 heteroatoms. The van der Waals surface area contributed by atoms with E-state index in [1.807, 2.05) is 24.3 Å². The van der Waals surface area contributed by atoms with E-state index in [0.29, 0.717) is 15.1 Å². The van der Waals surface area contributed by atoms with Crippen LogP contribution in [0.3, 0.4) is 0 Å². The number of benzene rings is 2. The highest BCUT2D eigenvalue weighted by atomic mass is 35.5. The summed E-state index contributed by atoms with van der Waals surface area (Å²) in [5.74, 6) is 0. The van der Waals surface area contributed by atoms with Crippen molar-refractivity contribution in [2.45, 2.75) is 6.04 Å². The average molecular weight is 285 g/mol. The molecule has 1 aliphatic carbocycles. The lowest BCUT2D eigenvalue weighted by atomic mass is 10.1. The van der Waals surface area contributed by atoms with E-state index in [9.17, 15) is 0 Å². The summed E-state index contributed by atoms with van der Waals surface area (Å²) in [6, 6.07) is 9.16. The largest absolute Gasteiger partial charge is 0.320 e. The van der Waals surface area contributed by atoms with Gasteiger partial charge in [0, 0.05) is 10.6 Å². The van der Waals surface area contributed by atoms with Gasteiger partial charge in [0.05, 0.1) is 16.1 Å². The minimum atomic E-state index is -0.187. The highest BCUT2D eigenvalue weighted by molar-refractivity contribution is 6.44. The van der Waals surface area contributed by atoms with Crippen LogP contribution in [0.5, 0.6) is 0 Å². The molecule has 2 N–H and O–H groups in total. The highest BCUT2D eigenvalue weighted by Gasteiger charge is 2.28. The fourth-order valence-electron chi connectivity index (χ4n) is 2.28. The molecule has 1 unspecified atom stereocenters. The molecule has 0 amide bonds. The molecule has 0 saturated carbocycles. The Kier molecular flexibility index (Phi) is 2.60. The number of hydrogen-bond donors (Lipinski definition) is 1. The van der Waals surface area contributed by atoms with Gasteiger partial charge in [-0.2, -0.15) is 0 Å². The Morgan fingerprint density at radius 1 is 0.941 bits per heavy atom. The molecule has 17 heavy (non-hydrogen) atoms. The molecule has 0 saturated heterocycles. The van der Waals surface area contributed by atoms with Crippen LogP contribution in [-0.4, -0.2) is 0 Å². The van der Waals surface area contributed by atoms with E-state index < -0.39 is 0 Å². The lowest BCUT2D eigenvalue weighted by molar-refractivity contribution is 0.901. The van der Waals surface area contributed by atoms with Gasteiger partial charge in [0.1, 0.15) is 0 Å². The molecule has 0 aromatic heterocycles. The zero-order valence-electron chi connectivity index (χ0n) is 8.68. The van der Waals surface area contributed by atoms with Crippen LogP contribution >= 0.6 is 34.8 Å². The molecular weight excluding hydrogens is 277 g/mol. The zero-order valence-corrected chi connectivity index (χ0v) is 10.9. The smallest absolute Gasteiger partial charge is 0.0674 e. The third kappa shape index (κ3) is 1.58. The lowest BCUT2D eigenvalue weighted by Gasteiger charge is -2.07. The summed E-state index contributed by atoms with van der Waals surface area (Å²) >= 11 is 18.3. The molecule has 1 atom stereocenters. The highest BCUT2D eigenvalue weighted by Crippen LogP contribution is 2.48. The Morgan fingerprint density at radius 2 is 1.71 bits per heavy atom. The summed E-state index contributed by atoms with van der Waals surface area (Å²) in [6.45, 7) is 0. The quantitative estimate of drug-likeness (QED) is 0.747. The predicted molar refractivity (Wildman–Crippen MR) is 72.9 cm³/mol. The fraction of sp³-hybridized carbons (Fsp3) is 0.0769. The molecule has 2 aromatic rings. The Balaban J connectivity index is 2.37. The van der Waals surface area contributed by atoms with Gasteiger partial charge >= 0.3 is 0 Å². The maximum atomic E-state index is 6.25. The molecule has 0 bridgehead atoms. The monoisotopic (exact) mass is 283 g/mol. The van der Waals surface area contributed by atoms with Crippen LogP contribution in [0.4, 0.5) is 0 Å². The first-order valence-corrected chi connectivity index (χ1v) is 6.26. The molecule has 1 nitrogen and oxygen atoms in total. The molecule has 1 aliphatic rings. The average Bonchev–Trinajstić information content (AvgIpc) is 2.58. The normalized spacial score (nSPS) is 16.8. The first-order valence-electron chi connectivity index (χ1n) is 5.13. The number of halogens is 3. The first kappa shape index (κ1) is 11.4. The minimum Gasteiger partial charge on any atom is -0.320 e. The van der Waals surface area contributed by atoms with E-state index in [4.69, 9.17) is 40.5 Å². The summed E-state index contributed by atoms with van der Waals surface area (Å²) in [5.41, 5.74) is 10.1. The molecule has 0 fully saturated rings. The topological polar surface area (TPSA) is 26.0 Å². The van der Waals surface area contributed by atoms with Gasteiger partial charge < -0.3 is 5.73 Å². The van der Waals surface area contributed by atoms with Crippen LogP contribution in [0.25, 0.3) is 11.1 Å². The van der Waals surface area contributed by atoms with Gasteiger partial charge in [0.2, 0.25) is 0 Å². The first-order chi connectivity index (χ1) is 8.09. The second-order valence-electron chi connectivity index (χ2n) is 4.03.